The maximum Gasteiger partial charge on any atom is 0.147 e. The van der Waals surface area contributed by atoms with E-state index in [0.717, 1.165) is 36.1 Å². The number of hydrogen-bond acceptors (Lipinski definition) is 4. The molecule has 2 atom stereocenters. The molecule has 0 bridgehead atoms. The van der Waals surface area contributed by atoms with Gasteiger partial charge in [-0.25, -0.2) is 4.98 Å². The van der Waals surface area contributed by atoms with Crippen LogP contribution in [-0.2, 0) is 0 Å². The van der Waals surface area contributed by atoms with E-state index in [1.165, 1.54) is 12.8 Å². The lowest BCUT2D eigenvalue weighted by atomic mass is 9.99. The Morgan fingerprint density at radius 3 is 2.52 bits per heavy atom. The molecule has 1 saturated heterocycles. The van der Waals surface area contributed by atoms with Crippen LogP contribution in [-0.4, -0.2) is 24.1 Å². The smallest absolute Gasteiger partial charge is 0.147 e. The predicted molar refractivity (Wildman–Crippen MR) is 89.3 cm³/mol. The van der Waals surface area contributed by atoms with Crippen LogP contribution in [0.3, 0.4) is 0 Å². The van der Waals surface area contributed by atoms with E-state index in [0.29, 0.717) is 11.5 Å². The van der Waals surface area contributed by atoms with Gasteiger partial charge in [-0.2, -0.15) is 5.26 Å². The first-order valence-electron chi connectivity index (χ1n) is 6.99. The number of aryl methyl sites for hydroxylation is 2. The minimum atomic E-state index is 0. The molecule has 2 aliphatic rings. The number of nitrogens with two attached hydrogens (primary N) is 1. The van der Waals surface area contributed by atoms with Crippen molar-refractivity contribution in [2.75, 3.05) is 18.0 Å². The van der Waals surface area contributed by atoms with Crippen LogP contribution < -0.4 is 10.6 Å². The van der Waals surface area contributed by atoms with Crippen molar-refractivity contribution in [3.05, 3.63) is 22.9 Å². The third-order valence-electron chi connectivity index (χ3n) is 4.38. The first-order valence-corrected chi connectivity index (χ1v) is 6.99. The van der Waals surface area contributed by atoms with Gasteiger partial charge in [0.25, 0.3) is 0 Å². The van der Waals surface area contributed by atoms with Crippen LogP contribution in [0.25, 0.3) is 0 Å². The number of hydrogen-bond donors (Lipinski definition) is 1. The van der Waals surface area contributed by atoms with Crippen molar-refractivity contribution in [1.29, 1.82) is 5.26 Å². The van der Waals surface area contributed by atoms with Crippen LogP contribution in [0.1, 0.15) is 29.7 Å². The lowest BCUT2D eigenvalue weighted by Crippen LogP contribution is -2.30. The van der Waals surface area contributed by atoms with E-state index < -0.39 is 0 Å². The van der Waals surface area contributed by atoms with Gasteiger partial charge in [-0.15, -0.1) is 24.8 Å². The van der Waals surface area contributed by atoms with Gasteiger partial charge in [0, 0.05) is 24.8 Å². The molecule has 2 N–H and O–H groups in total. The topological polar surface area (TPSA) is 65.9 Å². The van der Waals surface area contributed by atoms with Gasteiger partial charge >= 0.3 is 0 Å². The van der Waals surface area contributed by atoms with Gasteiger partial charge < -0.3 is 10.6 Å². The Morgan fingerprint density at radius 2 is 1.95 bits per heavy atom. The molecule has 1 aromatic heterocycles. The molecule has 116 valence electrons. The van der Waals surface area contributed by atoms with Crippen LogP contribution in [0.15, 0.2) is 6.07 Å². The summed E-state index contributed by atoms with van der Waals surface area (Å²) in [7, 11) is 0. The van der Waals surface area contributed by atoms with E-state index in [-0.39, 0.29) is 30.9 Å². The molecule has 3 rings (SSSR count). The average molecular weight is 329 g/mol. The summed E-state index contributed by atoms with van der Waals surface area (Å²) >= 11 is 0. The molecule has 1 saturated carbocycles. The van der Waals surface area contributed by atoms with Crippen molar-refractivity contribution in [1.82, 2.24) is 4.98 Å². The van der Waals surface area contributed by atoms with Crippen LogP contribution in [0.4, 0.5) is 5.82 Å². The molecule has 2 heterocycles. The Labute approximate surface area is 138 Å². The first-order chi connectivity index (χ1) is 9.10. The standard InChI is InChI=1S/C15H20N4.2ClH/c1-9-5-10(2)18-15(12(9)6-16)19-7-13(11-3-4-11)14(17)8-19;;/h5,11,13-14H,3-4,7-8,17H2,1-2H3;2*1H/t13-,14+;;/m1../s1. The van der Waals surface area contributed by atoms with Crippen LogP contribution in [0.5, 0.6) is 0 Å². The van der Waals surface area contributed by atoms with E-state index >= 15 is 0 Å². The zero-order valence-corrected chi connectivity index (χ0v) is 14.0. The number of pyridine rings is 1. The van der Waals surface area contributed by atoms with E-state index in [2.05, 4.69) is 16.0 Å². The predicted octanol–water partition coefficient (Wildman–Crippen LogP) is 2.59. The normalized spacial score (nSPS) is 24.0. The van der Waals surface area contributed by atoms with Crippen molar-refractivity contribution in [2.24, 2.45) is 17.6 Å². The summed E-state index contributed by atoms with van der Waals surface area (Å²) in [5, 5.41) is 9.36. The Balaban J connectivity index is 0.00000110. The Morgan fingerprint density at radius 1 is 1.29 bits per heavy atom. The number of nitrogens with zero attached hydrogens (tertiary/aromatic N) is 3. The number of aromatic nitrogens is 1. The third-order valence-corrected chi connectivity index (χ3v) is 4.38. The lowest BCUT2D eigenvalue weighted by Gasteiger charge is -2.20. The lowest BCUT2D eigenvalue weighted by molar-refractivity contribution is 0.456. The van der Waals surface area contributed by atoms with Gasteiger partial charge in [0.2, 0.25) is 0 Å². The summed E-state index contributed by atoms with van der Waals surface area (Å²) < 4.78 is 0. The Hall–Kier alpha value is -1.02. The number of rotatable bonds is 2. The highest BCUT2D eigenvalue weighted by Crippen LogP contribution is 2.42. The van der Waals surface area contributed by atoms with Crippen LogP contribution in [0, 0.1) is 37.0 Å². The molecule has 1 aliphatic carbocycles. The second-order valence-corrected chi connectivity index (χ2v) is 5.96. The zero-order chi connectivity index (χ0) is 13.6. The van der Waals surface area contributed by atoms with Crippen molar-refractivity contribution in [3.8, 4) is 6.07 Å². The SMILES string of the molecule is Cc1cc(C)c(C#N)c(N2C[C@H](C3CC3)[C@@H](N)C2)n1.Cl.Cl. The van der Waals surface area contributed by atoms with E-state index in [4.69, 9.17) is 5.73 Å². The molecule has 0 unspecified atom stereocenters. The maximum atomic E-state index is 9.36. The molecule has 2 fully saturated rings. The highest BCUT2D eigenvalue weighted by molar-refractivity contribution is 5.85. The average Bonchev–Trinajstić information content (AvgIpc) is 3.12. The van der Waals surface area contributed by atoms with Crippen LogP contribution in [0.2, 0.25) is 0 Å². The van der Waals surface area contributed by atoms with Gasteiger partial charge in [0.15, 0.2) is 0 Å². The number of halogens is 2. The Bertz CT molecular complexity index is 551. The van der Waals surface area contributed by atoms with Gasteiger partial charge in [-0.05, 0) is 50.2 Å². The van der Waals surface area contributed by atoms with Crippen LogP contribution >= 0.6 is 24.8 Å². The first kappa shape index (κ1) is 18.0. The highest BCUT2D eigenvalue weighted by Gasteiger charge is 2.41. The molecular weight excluding hydrogens is 307 g/mol. The number of anilines is 1. The maximum absolute atomic E-state index is 9.36. The second-order valence-electron chi connectivity index (χ2n) is 5.96. The summed E-state index contributed by atoms with van der Waals surface area (Å²) in [5.41, 5.74) is 8.94. The fourth-order valence-corrected chi connectivity index (χ4v) is 3.23. The minimum absolute atomic E-state index is 0. The van der Waals surface area contributed by atoms with E-state index in [1.54, 1.807) is 0 Å². The minimum Gasteiger partial charge on any atom is -0.354 e. The van der Waals surface area contributed by atoms with Gasteiger partial charge in [0.1, 0.15) is 11.9 Å². The summed E-state index contributed by atoms with van der Waals surface area (Å²) in [5.74, 6) is 2.21. The van der Waals surface area contributed by atoms with Crippen molar-refractivity contribution in [2.45, 2.75) is 32.7 Å². The zero-order valence-electron chi connectivity index (χ0n) is 12.4. The molecule has 0 spiro atoms. The fourth-order valence-electron chi connectivity index (χ4n) is 3.23. The second kappa shape index (κ2) is 6.83. The monoisotopic (exact) mass is 328 g/mol. The quantitative estimate of drug-likeness (QED) is 0.906. The summed E-state index contributed by atoms with van der Waals surface area (Å²) in [6, 6.07) is 4.49. The molecule has 0 aromatic carbocycles. The molecule has 1 aromatic rings. The molecule has 0 amide bonds. The molecule has 4 nitrogen and oxygen atoms in total. The largest absolute Gasteiger partial charge is 0.354 e. The molecular formula is C15H22Cl2N4. The Kier molecular flexibility index (Phi) is 5.86. The van der Waals surface area contributed by atoms with Crippen molar-refractivity contribution in [3.63, 3.8) is 0 Å². The summed E-state index contributed by atoms with van der Waals surface area (Å²) in [6.45, 7) is 5.74. The van der Waals surface area contributed by atoms with E-state index in [1.807, 2.05) is 19.9 Å². The highest BCUT2D eigenvalue weighted by atomic mass is 35.5. The third kappa shape index (κ3) is 3.42. The number of nitriles is 1. The molecule has 1 aliphatic heterocycles. The molecule has 6 heteroatoms. The molecule has 21 heavy (non-hydrogen) atoms. The van der Waals surface area contributed by atoms with E-state index in [9.17, 15) is 5.26 Å². The fraction of sp³-hybridized carbons (Fsp3) is 0.600. The van der Waals surface area contributed by atoms with Crippen molar-refractivity contribution >= 4 is 30.6 Å². The van der Waals surface area contributed by atoms with Gasteiger partial charge in [0.05, 0.1) is 5.56 Å². The summed E-state index contributed by atoms with van der Waals surface area (Å²) in [6.07, 6.45) is 2.63. The molecule has 0 radical (unpaired) electrons. The van der Waals surface area contributed by atoms with Gasteiger partial charge in [-0.3, -0.25) is 0 Å². The van der Waals surface area contributed by atoms with Crippen molar-refractivity contribution < 1.29 is 0 Å². The van der Waals surface area contributed by atoms with Gasteiger partial charge in [-0.1, -0.05) is 0 Å². The summed E-state index contributed by atoms with van der Waals surface area (Å²) in [4.78, 5) is 6.80.